The molecule has 0 spiro atoms. The largest absolute Gasteiger partial charge is 0.309 e. The second-order valence-electron chi connectivity index (χ2n) is 31.4. The monoisotopic (exact) mass is 1660 g/mol. The first-order valence-corrected chi connectivity index (χ1v) is 42.6. The SMILES string of the molecule is N#Cc1ccc(-n2c3ccc(-c4nc(-c5ccccc5)nc(-c5ccccc5)n4)cc3c3cc(-c4nc(-c5ccccc5)nc(-c5ccccc5)n4)ccc32)c(-c2cc(-c3nc(-c4ccccc4)nc(-c4ccccc4)n3)ccc2-n2c3ccc(-c4nc(-c5ccccc5)nc(-c5ccccc5)n4)cc3c3cc(-c4nc(-c5ccccc5)nc(-c5ccccc5)n4)ccc32)c1. The lowest BCUT2D eigenvalue weighted by Gasteiger charge is -2.20. The molecule has 0 N–H and O–H groups in total. The third-order valence-electron chi connectivity index (χ3n) is 23.2. The molecular weight excluding hydrogens is 1600 g/mol. The van der Waals surface area contributed by atoms with Gasteiger partial charge in [0.05, 0.1) is 45.1 Å². The van der Waals surface area contributed by atoms with Crippen LogP contribution in [0.3, 0.4) is 0 Å². The van der Waals surface area contributed by atoms with Crippen molar-refractivity contribution in [1.29, 1.82) is 5.26 Å². The smallest absolute Gasteiger partial charge is 0.164 e. The number of benzene rings is 16. The molecule has 18 heteroatoms. The summed E-state index contributed by atoms with van der Waals surface area (Å²) in [6.07, 6.45) is 0. The highest BCUT2D eigenvalue weighted by atomic mass is 15.1. The van der Waals surface area contributed by atoms with Gasteiger partial charge in [-0.1, -0.05) is 303 Å². The minimum absolute atomic E-state index is 0.413. The second kappa shape index (κ2) is 33.0. The van der Waals surface area contributed by atoms with Crippen molar-refractivity contribution in [3.8, 4) is 199 Å². The van der Waals surface area contributed by atoms with Gasteiger partial charge in [-0.05, 0) is 109 Å². The highest BCUT2D eigenvalue weighted by Gasteiger charge is 2.28. The molecule has 7 aromatic heterocycles. The molecule has 606 valence electrons. The summed E-state index contributed by atoms with van der Waals surface area (Å²) in [6.45, 7) is 0. The van der Waals surface area contributed by atoms with E-state index >= 15 is 0 Å². The first kappa shape index (κ1) is 76.5. The number of hydrogen-bond acceptors (Lipinski definition) is 16. The summed E-state index contributed by atoms with van der Waals surface area (Å²) < 4.78 is 4.60. The minimum Gasteiger partial charge on any atom is -0.309 e. The van der Waals surface area contributed by atoms with Gasteiger partial charge in [-0.15, -0.1) is 0 Å². The molecule has 0 saturated carbocycles. The van der Waals surface area contributed by atoms with Crippen molar-refractivity contribution in [1.82, 2.24) is 83.9 Å². The molecule has 130 heavy (non-hydrogen) atoms. The Morgan fingerprint density at radius 1 is 0.154 bits per heavy atom. The number of hydrogen-bond donors (Lipinski definition) is 0. The van der Waals surface area contributed by atoms with Crippen LogP contribution in [0, 0.1) is 11.3 Å². The fourth-order valence-corrected chi connectivity index (χ4v) is 16.9. The van der Waals surface area contributed by atoms with Crippen molar-refractivity contribution in [3.63, 3.8) is 0 Å². The zero-order chi connectivity index (χ0) is 86.4. The third kappa shape index (κ3) is 14.6. The summed E-state index contributed by atoms with van der Waals surface area (Å²) in [5, 5.41) is 15.0. The van der Waals surface area contributed by atoms with E-state index in [0.29, 0.717) is 104 Å². The Labute approximate surface area is 745 Å². The van der Waals surface area contributed by atoms with E-state index in [2.05, 4.69) is 112 Å². The standard InChI is InChI=1S/C112H68N18/c113-69-70-51-57-92(129-94-59-53-82(109-121-100(73-35-15-3-16-36-73)115-101(122-109)74-37-17-4-18-38-74)65-88(94)89-66-83(54-60-95(89)129)110-123-102(75-39-19-5-20-40-75)116-103(124-110)76-41-21-6-22-42-76)86(63-70)87-64-81(108-119-98(71-31-11-1-12-32-71)114-99(120-108)72-33-13-2-14-34-72)52-58-93(87)130-96-61-55-84(111-125-104(77-43-23-7-24-44-77)117-105(126-111)78-45-25-8-26-46-78)67-90(96)91-68-85(56-62-97(91)130)112-127-106(79-47-27-9-28-48-79)118-107(128-112)80-49-29-10-30-50-80/h1-68H. The van der Waals surface area contributed by atoms with Gasteiger partial charge in [-0.25, -0.2) is 74.8 Å². The molecule has 0 amide bonds. The van der Waals surface area contributed by atoms with Crippen LogP contribution in [0.25, 0.3) is 237 Å². The first-order valence-electron chi connectivity index (χ1n) is 42.6. The van der Waals surface area contributed by atoms with Crippen LogP contribution in [-0.2, 0) is 0 Å². The molecule has 18 nitrogen and oxygen atoms in total. The number of nitriles is 1. The molecule has 0 radical (unpaired) electrons. The summed E-state index contributed by atoms with van der Waals surface area (Å²) in [5.41, 5.74) is 18.6. The van der Waals surface area contributed by atoms with Crippen LogP contribution in [0.15, 0.2) is 413 Å². The van der Waals surface area contributed by atoms with Gasteiger partial charge >= 0.3 is 0 Å². The van der Waals surface area contributed by atoms with E-state index in [-0.39, 0.29) is 0 Å². The second-order valence-corrected chi connectivity index (χ2v) is 31.4. The Balaban J connectivity index is 0.800. The normalized spacial score (nSPS) is 11.4. The molecule has 0 fully saturated rings. The first-order chi connectivity index (χ1) is 64.3. The lowest BCUT2D eigenvalue weighted by atomic mass is 9.96. The molecule has 7 heterocycles. The molecule has 0 saturated heterocycles. The van der Waals surface area contributed by atoms with Crippen molar-refractivity contribution >= 4 is 43.6 Å². The number of nitrogens with zero attached hydrogens (tertiary/aromatic N) is 18. The summed E-state index contributed by atoms with van der Waals surface area (Å²) in [5.74, 6) is 7.50. The zero-order valence-corrected chi connectivity index (χ0v) is 69.3. The maximum Gasteiger partial charge on any atom is 0.164 e. The Kier molecular flexibility index (Phi) is 19.5. The lowest BCUT2D eigenvalue weighted by molar-refractivity contribution is 1.07. The fourth-order valence-electron chi connectivity index (χ4n) is 16.9. The van der Waals surface area contributed by atoms with Gasteiger partial charge in [0.1, 0.15) is 0 Å². The minimum atomic E-state index is 0.413. The molecule has 16 aromatic carbocycles. The van der Waals surface area contributed by atoms with Crippen LogP contribution in [-0.4, -0.2) is 83.9 Å². The Morgan fingerprint density at radius 3 is 0.508 bits per heavy atom. The topological polar surface area (TPSA) is 227 Å². The molecule has 23 rings (SSSR count). The highest BCUT2D eigenvalue weighted by Crippen LogP contribution is 2.46. The molecule has 0 bridgehead atoms. The van der Waals surface area contributed by atoms with Crippen molar-refractivity contribution < 1.29 is 0 Å². The predicted octanol–water partition coefficient (Wildman–Crippen LogP) is 25.3. The van der Waals surface area contributed by atoms with Gasteiger partial charge in [-0.2, -0.15) is 5.26 Å². The van der Waals surface area contributed by atoms with Crippen LogP contribution in [0.1, 0.15) is 5.56 Å². The lowest BCUT2D eigenvalue weighted by Crippen LogP contribution is -2.04. The summed E-state index contributed by atoms with van der Waals surface area (Å²) in [7, 11) is 0. The summed E-state index contributed by atoms with van der Waals surface area (Å²) in [6, 6.07) is 140. The molecule has 0 aliphatic carbocycles. The third-order valence-corrected chi connectivity index (χ3v) is 23.2. The maximum absolute atomic E-state index is 11.6. The van der Waals surface area contributed by atoms with Crippen LogP contribution in [0.5, 0.6) is 0 Å². The van der Waals surface area contributed by atoms with Gasteiger partial charge in [0.15, 0.2) is 87.4 Å². The Bertz CT molecular complexity index is 7660. The Morgan fingerprint density at radius 2 is 0.315 bits per heavy atom. The van der Waals surface area contributed by atoms with Gasteiger partial charge in [0.25, 0.3) is 0 Å². The fraction of sp³-hybridized carbons (Fsp3) is 0. The van der Waals surface area contributed by atoms with Crippen LogP contribution < -0.4 is 0 Å². The quantitative estimate of drug-likeness (QED) is 0.0778. The molecule has 0 atom stereocenters. The van der Waals surface area contributed by atoms with E-state index in [4.69, 9.17) is 74.8 Å². The van der Waals surface area contributed by atoms with Crippen molar-refractivity contribution in [2.75, 3.05) is 0 Å². The molecule has 0 aliphatic heterocycles. The maximum atomic E-state index is 11.6. The molecule has 0 unspecified atom stereocenters. The van der Waals surface area contributed by atoms with Crippen molar-refractivity contribution in [3.05, 3.63) is 418 Å². The molecular formula is C112H68N18. The zero-order valence-electron chi connectivity index (χ0n) is 69.3. The average Bonchev–Trinajstić information content (AvgIpc) is 1.56. The number of rotatable bonds is 18. The van der Waals surface area contributed by atoms with E-state index < -0.39 is 0 Å². The van der Waals surface area contributed by atoms with E-state index in [1.54, 1.807) is 0 Å². The van der Waals surface area contributed by atoms with Crippen molar-refractivity contribution in [2.24, 2.45) is 0 Å². The van der Waals surface area contributed by atoms with E-state index in [0.717, 1.165) is 138 Å². The molecule has 23 aromatic rings. The van der Waals surface area contributed by atoms with Gasteiger partial charge in [-0.3, -0.25) is 0 Å². The van der Waals surface area contributed by atoms with E-state index in [1.807, 2.05) is 315 Å². The van der Waals surface area contributed by atoms with Crippen LogP contribution in [0.4, 0.5) is 0 Å². The average molecular weight is 1670 g/mol. The molecule has 0 aliphatic rings. The summed E-state index contributed by atoms with van der Waals surface area (Å²) in [4.78, 5) is 78.9. The summed E-state index contributed by atoms with van der Waals surface area (Å²) >= 11 is 0. The van der Waals surface area contributed by atoms with Gasteiger partial charge < -0.3 is 9.13 Å². The number of aromatic nitrogens is 17. The van der Waals surface area contributed by atoms with Crippen molar-refractivity contribution in [2.45, 2.75) is 0 Å². The van der Waals surface area contributed by atoms with Gasteiger partial charge in [0, 0.05) is 116 Å². The number of fused-ring (bicyclic) bond motifs is 6. The van der Waals surface area contributed by atoms with Gasteiger partial charge in [0.2, 0.25) is 0 Å². The van der Waals surface area contributed by atoms with Crippen LogP contribution >= 0.6 is 0 Å². The highest BCUT2D eigenvalue weighted by molar-refractivity contribution is 6.14. The van der Waals surface area contributed by atoms with E-state index in [9.17, 15) is 5.26 Å². The van der Waals surface area contributed by atoms with E-state index in [1.165, 1.54) is 0 Å². The Hall–Kier alpha value is -18.3. The van der Waals surface area contributed by atoms with Crippen LogP contribution in [0.2, 0.25) is 0 Å². The predicted molar refractivity (Wildman–Crippen MR) is 514 cm³/mol.